The third kappa shape index (κ3) is 3.35. The Labute approximate surface area is 112 Å². The number of carbonyl (C=O) groups is 2. The minimum Gasteiger partial charge on any atom is -0.481 e. The fourth-order valence-corrected chi connectivity index (χ4v) is 3.16. The molecule has 5 nitrogen and oxygen atoms in total. The van der Waals surface area contributed by atoms with Gasteiger partial charge in [0.25, 0.3) is 0 Å². The number of carboxylic acids is 2. The maximum atomic E-state index is 11.2. The zero-order chi connectivity index (χ0) is 13.8. The van der Waals surface area contributed by atoms with Gasteiger partial charge in [0.15, 0.2) is 0 Å². The summed E-state index contributed by atoms with van der Waals surface area (Å²) in [4.78, 5) is 21.6. The van der Waals surface area contributed by atoms with Crippen LogP contribution in [-0.2, 0) is 14.3 Å². The van der Waals surface area contributed by atoms with Crippen LogP contribution in [0, 0.1) is 11.8 Å². The second-order valence-corrected chi connectivity index (χ2v) is 5.31. The first-order valence-corrected chi connectivity index (χ1v) is 6.84. The van der Waals surface area contributed by atoms with Crippen molar-refractivity contribution in [3.63, 3.8) is 0 Å². The van der Waals surface area contributed by atoms with Gasteiger partial charge in [-0.15, -0.1) is 0 Å². The van der Waals surface area contributed by atoms with E-state index in [0.29, 0.717) is 12.8 Å². The van der Waals surface area contributed by atoms with Crippen molar-refractivity contribution < 1.29 is 24.5 Å². The van der Waals surface area contributed by atoms with Gasteiger partial charge in [-0.2, -0.15) is 0 Å². The third-order valence-electron chi connectivity index (χ3n) is 4.05. The quantitative estimate of drug-likeness (QED) is 0.545. The summed E-state index contributed by atoms with van der Waals surface area (Å²) >= 11 is 0. The molecule has 4 atom stereocenters. The molecule has 0 spiro atoms. The molecule has 0 aliphatic carbocycles. The lowest BCUT2D eigenvalue weighted by molar-refractivity contribution is -0.144. The van der Waals surface area contributed by atoms with Gasteiger partial charge in [0, 0.05) is 12.3 Å². The maximum Gasteiger partial charge on any atom is 0.309 e. The number of ether oxygens (including phenoxy) is 1. The zero-order valence-electron chi connectivity index (χ0n) is 10.8. The molecule has 0 saturated carbocycles. The summed E-state index contributed by atoms with van der Waals surface area (Å²) in [5.41, 5.74) is 0. The SMILES string of the molecule is O=C(O)CCC/C=C\C[C@@H]1[C@@H](C(=O)O)[C@@H]2CC[C@H]1O2. The highest BCUT2D eigenvalue weighted by Crippen LogP contribution is 2.45. The fraction of sp³-hybridized carbons (Fsp3) is 0.714. The lowest BCUT2D eigenvalue weighted by Gasteiger charge is -2.23. The summed E-state index contributed by atoms with van der Waals surface area (Å²) in [5.74, 6) is -1.83. The van der Waals surface area contributed by atoms with Crippen LogP contribution in [0.15, 0.2) is 12.2 Å². The molecule has 0 aromatic heterocycles. The van der Waals surface area contributed by atoms with E-state index < -0.39 is 11.9 Å². The van der Waals surface area contributed by atoms with E-state index in [1.807, 2.05) is 12.2 Å². The van der Waals surface area contributed by atoms with Gasteiger partial charge in [0.1, 0.15) is 0 Å². The van der Waals surface area contributed by atoms with Crippen molar-refractivity contribution >= 4 is 11.9 Å². The number of aliphatic carboxylic acids is 2. The van der Waals surface area contributed by atoms with E-state index in [4.69, 9.17) is 9.84 Å². The van der Waals surface area contributed by atoms with Crippen molar-refractivity contribution in [3.05, 3.63) is 12.2 Å². The molecule has 106 valence electrons. The second-order valence-electron chi connectivity index (χ2n) is 5.31. The van der Waals surface area contributed by atoms with Crippen molar-refractivity contribution in [1.29, 1.82) is 0 Å². The number of fused-ring (bicyclic) bond motifs is 2. The standard InChI is InChI=1S/C14H20O5/c15-12(16)6-4-2-1-3-5-9-10-7-8-11(19-10)13(9)14(17)18/h1,3,9-11,13H,2,4-8H2,(H,15,16)(H,17,18)/b3-1-/t9-,10+,11-,13+/m0/s1. The van der Waals surface area contributed by atoms with E-state index in [1.165, 1.54) is 0 Å². The Bertz CT molecular complexity index is 376. The Balaban J connectivity index is 1.77. The van der Waals surface area contributed by atoms with Crippen LogP contribution in [0.2, 0.25) is 0 Å². The first kappa shape index (κ1) is 14.1. The van der Waals surface area contributed by atoms with Crippen LogP contribution in [0.4, 0.5) is 0 Å². The number of allylic oxidation sites excluding steroid dienone is 2. The van der Waals surface area contributed by atoms with Gasteiger partial charge in [-0.25, -0.2) is 0 Å². The Morgan fingerprint density at radius 2 is 1.89 bits per heavy atom. The average molecular weight is 268 g/mol. The van der Waals surface area contributed by atoms with Crippen molar-refractivity contribution in [1.82, 2.24) is 0 Å². The molecule has 2 aliphatic rings. The Kier molecular flexibility index (Phi) is 4.58. The molecular weight excluding hydrogens is 248 g/mol. The fourth-order valence-electron chi connectivity index (χ4n) is 3.16. The second kappa shape index (κ2) is 6.19. The Morgan fingerprint density at radius 3 is 2.58 bits per heavy atom. The molecule has 0 radical (unpaired) electrons. The monoisotopic (exact) mass is 268 g/mol. The van der Waals surface area contributed by atoms with Crippen molar-refractivity contribution in [2.75, 3.05) is 0 Å². The molecule has 2 aliphatic heterocycles. The van der Waals surface area contributed by atoms with E-state index in [2.05, 4.69) is 0 Å². The minimum atomic E-state index is -0.777. The molecule has 0 aromatic rings. The molecule has 0 amide bonds. The van der Waals surface area contributed by atoms with Gasteiger partial charge in [0.2, 0.25) is 0 Å². The maximum absolute atomic E-state index is 11.2. The highest BCUT2D eigenvalue weighted by molar-refractivity contribution is 5.72. The van der Waals surface area contributed by atoms with Crippen LogP contribution in [0.5, 0.6) is 0 Å². The molecule has 19 heavy (non-hydrogen) atoms. The van der Waals surface area contributed by atoms with Gasteiger partial charge in [-0.1, -0.05) is 12.2 Å². The van der Waals surface area contributed by atoms with Crippen LogP contribution in [-0.4, -0.2) is 34.4 Å². The number of rotatable bonds is 7. The molecule has 2 fully saturated rings. The predicted molar refractivity (Wildman–Crippen MR) is 67.8 cm³/mol. The van der Waals surface area contributed by atoms with E-state index >= 15 is 0 Å². The summed E-state index contributed by atoms with van der Waals surface area (Å²) in [6.45, 7) is 0. The molecule has 0 aromatic carbocycles. The van der Waals surface area contributed by atoms with E-state index in [9.17, 15) is 14.7 Å². The van der Waals surface area contributed by atoms with Gasteiger partial charge in [-0.3, -0.25) is 9.59 Å². The molecule has 5 heteroatoms. The molecule has 2 saturated heterocycles. The summed E-state index contributed by atoms with van der Waals surface area (Å²) in [7, 11) is 0. The third-order valence-corrected chi connectivity index (χ3v) is 4.05. The first-order chi connectivity index (χ1) is 9.09. The molecule has 2 rings (SSSR count). The molecule has 2 N–H and O–H groups in total. The minimum absolute atomic E-state index is 0.0759. The molecule has 0 unspecified atom stereocenters. The van der Waals surface area contributed by atoms with E-state index in [-0.39, 0.29) is 30.5 Å². The Morgan fingerprint density at radius 1 is 1.16 bits per heavy atom. The number of carboxylic acid groups (broad SMARTS) is 2. The van der Waals surface area contributed by atoms with Crippen LogP contribution >= 0.6 is 0 Å². The average Bonchev–Trinajstić information content (AvgIpc) is 2.93. The van der Waals surface area contributed by atoms with Crippen molar-refractivity contribution in [2.24, 2.45) is 11.8 Å². The molecule has 2 bridgehead atoms. The van der Waals surface area contributed by atoms with Crippen LogP contribution in [0.1, 0.15) is 38.5 Å². The summed E-state index contributed by atoms with van der Waals surface area (Å²) < 4.78 is 5.68. The normalized spacial score (nSPS) is 33.1. The summed E-state index contributed by atoms with van der Waals surface area (Å²) in [6.07, 6.45) is 7.99. The van der Waals surface area contributed by atoms with Crippen LogP contribution in [0.25, 0.3) is 0 Å². The van der Waals surface area contributed by atoms with Gasteiger partial charge in [-0.05, 0) is 32.1 Å². The summed E-state index contributed by atoms with van der Waals surface area (Å²) in [5, 5.41) is 17.7. The van der Waals surface area contributed by atoms with Gasteiger partial charge < -0.3 is 14.9 Å². The lowest BCUT2D eigenvalue weighted by atomic mass is 9.77. The van der Waals surface area contributed by atoms with Gasteiger partial charge in [0.05, 0.1) is 18.1 Å². The van der Waals surface area contributed by atoms with E-state index in [1.54, 1.807) is 0 Å². The van der Waals surface area contributed by atoms with E-state index in [0.717, 1.165) is 19.3 Å². The number of hydrogen-bond donors (Lipinski definition) is 2. The lowest BCUT2D eigenvalue weighted by Crippen LogP contribution is -2.33. The number of hydrogen-bond acceptors (Lipinski definition) is 3. The zero-order valence-corrected chi connectivity index (χ0v) is 10.8. The summed E-state index contributed by atoms with van der Waals surface area (Å²) in [6, 6.07) is 0. The molecular formula is C14H20O5. The Hall–Kier alpha value is -1.36. The largest absolute Gasteiger partial charge is 0.481 e. The van der Waals surface area contributed by atoms with Gasteiger partial charge >= 0.3 is 11.9 Å². The highest BCUT2D eigenvalue weighted by atomic mass is 16.5. The highest BCUT2D eigenvalue weighted by Gasteiger charge is 2.51. The van der Waals surface area contributed by atoms with Crippen molar-refractivity contribution in [3.8, 4) is 0 Å². The number of unbranched alkanes of at least 4 members (excludes halogenated alkanes) is 1. The topological polar surface area (TPSA) is 83.8 Å². The first-order valence-electron chi connectivity index (χ1n) is 6.84. The predicted octanol–water partition coefficient (Wildman–Crippen LogP) is 2.07. The molecule has 2 heterocycles. The van der Waals surface area contributed by atoms with Crippen molar-refractivity contribution in [2.45, 2.75) is 50.7 Å². The van der Waals surface area contributed by atoms with Crippen LogP contribution < -0.4 is 0 Å². The van der Waals surface area contributed by atoms with Crippen LogP contribution in [0.3, 0.4) is 0 Å². The smallest absolute Gasteiger partial charge is 0.309 e.